The van der Waals surface area contributed by atoms with Crippen molar-refractivity contribution in [1.29, 1.82) is 0 Å². The van der Waals surface area contributed by atoms with Gasteiger partial charge in [-0.15, -0.1) is 5.10 Å². The molecule has 9 nitrogen and oxygen atoms in total. The van der Waals surface area contributed by atoms with Gasteiger partial charge in [0.05, 0.1) is 17.6 Å². The molecule has 0 bridgehead atoms. The van der Waals surface area contributed by atoms with Gasteiger partial charge in [0.2, 0.25) is 0 Å². The van der Waals surface area contributed by atoms with Crippen LogP contribution in [0.4, 0.5) is 17.3 Å². The van der Waals surface area contributed by atoms with Crippen LogP contribution in [0.5, 0.6) is 0 Å². The number of anilines is 3. The summed E-state index contributed by atoms with van der Waals surface area (Å²) >= 11 is 0. The molecule has 1 aliphatic carbocycles. The molecule has 3 aromatic rings. The number of fused-ring (bicyclic) bond motifs is 2. The van der Waals surface area contributed by atoms with E-state index in [0.717, 1.165) is 105 Å². The van der Waals surface area contributed by atoms with Crippen LogP contribution in [0.2, 0.25) is 0 Å². The topological polar surface area (TPSA) is 98.2 Å². The van der Waals surface area contributed by atoms with Crippen LogP contribution in [0.15, 0.2) is 24.5 Å². The van der Waals surface area contributed by atoms with Crippen LogP contribution in [-0.2, 0) is 11.2 Å². The lowest BCUT2D eigenvalue weighted by Crippen LogP contribution is -2.39. The maximum atomic E-state index is 6.55. The molecule has 3 atom stereocenters. The van der Waals surface area contributed by atoms with Crippen molar-refractivity contribution in [2.45, 2.75) is 70.1 Å². The summed E-state index contributed by atoms with van der Waals surface area (Å²) in [6.45, 7) is 3.62. The largest absolute Gasteiger partial charge is 0.356 e. The first-order valence-electron chi connectivity index (χ1n) is 13.3. The number of hydrogen-bond acceptors (Lipinski definition) is 8. The van der Waals surface area contributed by atoms with Gasteiger partial charge in [0.1, 0.15) is 5.82 Å². The predicted octanol–water partition coefficient (Wildman–Crippen LogP) is 3.71. The Morgan fingerprint density at radius 3 is 2.89 bits per heavy atom. The van der Waals surface area contributed by atoms with Gasteiger partial charge in [0, 0.05) is 43.9 Å². The van der Waals surface area contributed by atoms with E-state index in [1.165, 1.54) is 12.8 Å². The van der Waals surface area contributed by atoms with Crippen molar-refractivity contribution >= 4 is 28.5 Å². The van der Waals surface area contributed by atoms with Crippen molar-refractivity contribution in [3.05, 3.63) is 30.2 Å². The smallest absolute Gasteiger partial charge is 0.183 e. The highest BCUT2D eigenvalue weighted by Crippen LogP contribution is 2.46. The fourth-order valence-corrected chi connectivity index (χ4v) is 6.71. The molecule has 1 spiro atoms. The Hall–Kier alpha value is -2.78. The van der Waals surface area contributed by atoms with Crippen LogP contribution in [0.1, 0.15) is 63.3 Å². The molecule has 0 aromatic carbocycles. The molecule has 9 heteroatoms. The fourth-order valence-electron chi connectivity index (χ4n) is 6.71. The highest BCUT2D eigenvalue weighted by Gasteiger charge is 2.46. The molecule has 6 heterocycles. The maximum absolute atomic E-state index is 6.55. The molecule has 1 saturated carbocycles. The summed E-state index contributed by atoms with van der Waals surface area (Å²) in [6.07, 6.45) is 13.7. The van der Waals surface area contributed by atoms with Crippen molar-refractivity contribution in [2.75, 3.05) is 36.0 Å². The molecule has 3 aliphatic heterocycles. The first kappa shape index (κ1) is 21.5. The second kappa shape index (κ2) is 8.41. The van der Waals surface area contributed by atoms with Gasteiger partial charge >= 0.3 is 0 Å². The number of hydrogen-bond donors (Lipinski definition) is 1. The van der Waals surface area contributed by atoms with Crippen molar-refractivity contribution in [1.82, 2.24) is 24.7 Å². The second-order valence-corrected chi connectivity index (χ2v) is 10.7. The van der Waals surface area contributed by atoms with E-state index >= 15 is 0 Å². The molecule has 0 radical (unpaired) electrons. The summed E-state index contributed by atoms with van der Waals surface area (Å²) in [5.74, 6) is 1.79. The average molecular weight is 475 g/mol. The molecule has 184 valence electrons. The van der Waals surface area contributed by atoms with E-state index in [2.05, 4.69) is 20.9 Å². The van der Waals surface area contributed by atoms with Gasteiger partial charge in [-0.25, -0.2) is 14.6 Å². The maximum Gasteiger partial charge on any atom is 0.183 e. The van der Waals surface area contributed by atoms with Gasteiger partial charge in [-0.1, -0.05) is 6.42 Å². The number of rotatable bonds is 3. The summed E-state index contributed by atoms with van der Waals surface area (Å²) in [5, 5.41) is 5.11. The average Bonchev–Trinajstić information content (AvgIpc) is 3.61. The number of aromatic nitrogens is 5. The number of nitrogens with two attached hydrogens (primary N) is 1. The van der Waals surface area contributed by atoms with Gasteiger partial charge in [0.25, 0.3) is 0 Å². The number of nitrogens with zero attached hydrogens (tertiary/aromatic N) is 7. The zero-order valence-corrected chi connectivity index (χ0v) is 20.3. The van der Waals surface area contributed by atoms with Crippen LogP contribution < -0.4 is 15.5 Å². The third kappa shape index (κ3) is 3.50. The van der Waals surface area contributed by atoms with Gasteiger partial charge in [-0.2, -0.15) is 0 Å². The van der Waals surface area contributed by atoms with Gasteiger partial charge in [0.15, 0.2) is 23.2 Å². The SMILES string of the molecule is NC1CCCC12CCN(c1cnc3c(N4CCCc5ncccc54)nn(C4CCCCO4)c3n1)C2. The van der Waals surface area contributed by atoms with Crippen LogP contribution in [0.25, 0.3) is 11.2 Å². The van der Waals surface area contributed by atoms with Crippen molar-refractivity contribution < 1.29 is 4.74 Å². The Kier molecular flexibility index (Phi) is 5.17. The van der Waals surface area contributed by atoms with E-state index in [0.29, 0.717) is 6.04 Å². The van der Waals surface area contributed by atoms with E-state index in [9.17, 15) is 0 Å². The Morgan fingerprint density at radius 2 is 2.03 bits per heavy atom. The standard InChI is InChI=1S/C26H34N8O/c27-20-8-3-10-26(20)11-14-32(17-26)21-16-29-23-24(30-21)34(22-9-1-2-15-35-22)31-25(23)33-13-5-6-18-19(33)7-4-12-28-18/h4,7,12,16,20,22H,1-3,5-6,8-11,13-15,17,27H2. The van der Waals surface area contributed by atoms with Gasteiger partial charge in [-0.05, 0) is 63.5 Å². The van der Waals surface area contributed by atoms with Crippen LogP contribution in [0.3, 0.4) is 0 Å². The summed E-state index contributed by atoms with van der Waals surface area (Å²) in [6, 6.07) is 4.44. The van der Waals surface area contributed by atoms with Crippen LogP contribution in [0, 0.1) is 5.41 Å². The van der Waals surface area contributed by atoms with Crippen molar-refractivity contribution in [3.8, 4) is 0 Å². The Labute approximate surface area is 205 Å². The molecule has 3 fully saturated rings. The quantitative estimate of drug-likeness (QED) is 0.613. The number of aryl methyl sites for hydroxylation is 1. The monoisotopic (exact) mass is 474 g/mol. The Balaban J connectivity index is 1.30. The summed E-state index contributed by atoms with van der Waals surface area (Å²) < 4.78 is 8.17. The van der Waals surface area contributed by atoms with Crippen molar-refractivity contribution in [2.24, 2.45) is 11.1 Å². The van der Waals surface area contributed by atoms with E-state index in [1.807, 2.05) is 23.1 Å². The lowest BCUT2D eigenvalue weighted by molar-refractivity contribution is -0.0368. The third-order valence-electron chi connectivity index (χ3n) is 8.69. The third-order valence-corrected chi connectivity index (χ3v) is 8.69. The Morgan fingerprint density at radius 1 is 1.06 bits per heavy atom. The highest BCUT2D eigenvalue weighted by molar-refractivity contribution is 5.88. The number of pyridine rings is 1. The minimum Gasteiger partial charge on any atom is -0.356 e. The minimum atomic E-state index is -0.101. The molecular formula is C26H34N8O. The van der Waals surface area contributed by atoms with E-state index < -0.39 is 0 Å². The minimum absolute atomic E-state index is 0.101. The van der Waals surface area contributed by atoms with E-state index in [-0.39, 0.29) is 11.6 Å². The zero-order valence-electron chi connectivity index (χ0n) is 20.3. The van der Waals surface area contributed by atoms with Gasteiger partial charge in [-0.3, -0.25) is 4.98 Å². The summed E-state index contributed by atoms with van der Waals surface area (Å²) in [7, 11) is 0. The zero-order chi connectivity index (χ0) is 23.4. The highest BCUT2D eigenvalue weighted by atomic mass is 16.5. The molecule has 3 aromatic heterocycles. The summed E-state index contributed by atoms with van der Waals surface area (Å²) in [5.41, 5.74) is 10.7. The number of ether oxygens (including phenoxy) is 1. The van der Waals surface area contributed by atoms with Crippen molar-refractivity contribution in [3.63, 3.8) is 0 Å². The van der Waals surface area contributed by atoms with Crippen LogP contribution >= 0.6 is 0 Å². The first-order valence-corrected chi connectivity index (χ1v) is 13.3. The second-order valence-electron chi connectivity index (χ2n) is 10.7. The molecule has 2 N–H and O–H groups in total. The molecule has 4 aliphatic rings. The molecule has 0 amide bonds. The van der Waals surface area contributed by atoms with E-state index in [4.69, 9.17) is 25.5 Å². The lowest BCUT2D eigenvalue weighted by atomic mass is 9.82. The fraction of sp³-hybridized carbons (Fsp3) is 0.615. The molecule has 3 unspecified atom stereocenters. The van der Waals surface area contributed by atoms with E-state index in [1.54, 1.807) is 0 Å². The predicted molar refractivity (Wildman–Crippen MR) is 135 cm³/mol. The molecule has 35 heavy (non-hydrogen) atoms. The molecule has 7 rings (SSSR count). The lowest BCUT2D eigenvalue weighted by Gasteiger charge is -2.29. The summed E-state index contributed by atoms with van der Waals surface area (Å²) in [4.78, 5) is 19.4. The molecule has 2 saturated heterocycles. The normalized spacial score (nSPS) is 28.8. The molecular weight excluding hydrogens is 440 g/mol. The Bertz CT molecular complexity index is 1240. The van der Waals surface area contributed by atoms with Gasteiger partial charge < -0.3 is 20.3 Å². The first-order chi connectivity index (χ1) is 17.2. The van der Waals surface area contributed by atoms with Crippen LogP contribution in [-0.4, -0.2) is 57.0 Å².